The topological polar surface area (TPSA) is 64.1 Å². The molecule has 138 valence electrons. The molecule has 0 aliphatic carbocycles. The van der Waals surface area contributed by atoms with Crippen LogP contribution in [0.2, 0.25) is 0 Å². The van der Waals surface area contributed by atoms with Crippen molar-refractivity contribution >= 4 is 11.7 Å². The molecule has 0 spiro atoms. The Kier molecular flexibility index (Phi) is 5.81. The number of carbonyl (C=O) groups excluding carboxylic acids is 1. The Morgan fingerprint density at radius 2 is 1.74 bits per heavy atom. The third-order valence-corrected chi connectivity index (χ3v) is 4.06. The summed E-state index contributed by atoms with van der Waals surface area (Å²) in [6, 6.07) is 17.4. The molecule has 27 heavy (non-hydrogen) atoms. The molecule has 0 saturated carbocycles. The minimum atomic E-state index is -0.0614. The normalized spacial score (nSPS) is 10.7. The van der Waals surface area contributed by atoms with Crippen LogP contribution in [-0.4, -0.2) is 23.0 Å². The van der Waals surface area contributed by atoms with Crippen LogP contribution in [0.1, 0.15) is 20.3 Å². The highest BCUT2D eigenvalue weighted by Gasteiger charge is 2.14. The highest BCUT2D eigenvalue weighted by Crippen LogP contribution is 2.28. The maximum Gasteiger partial charge on any atom is 0.225 e. The second-order valence-electron chi connectivity index (χ2n) is 6.69. The molecular weight excluding hydrogens is 338 g/mol. The number of nitrogens with zero attached hydrogens (tertiary/aromatic N) is 2. The van der Waals surface area contributed by atoms with Gasteiger partial charge in [-0.05, 0) is 30.2 Å². The van der Waals surface area contributed by atoms with E-state index in [4.69, 9.17) is 9.72 Å². The number of nitrogens with one attached hydrogen (secondary N) is 1. The van der Waals surface area contributed by atoms with Gasteiger partial charge in [0.15, 0.2) is 5.82 Å². The van der Waals surface area contributed by atoms with Crippen LogP contribution >= 0.6 is 0 Å². The first-order valence-corrected chi connectivity index (χ1v) is 8.93. The maximum absolute atomic E-state index is 12.2. The molecule has 3 aromatic rings. The number of anilines is 1. The van der Waals surface area contributed by atoms with Gasteiger partial charge in [-0.1, -0.05) is 44.2 Å². The largest absolute Gasteiger partial charge is 0.497 e. The fourth-order valence-corrected chi connectivity index (χ4v) is 2.73. The molecule has 0 aliphatic heterocycles. The van der Waals surface area contributed by atoms with Crippen LogP contribution < -0.4 is 10.1 Å². The van der Waals surface area contributed by atoms with Crippen molar-refractivity contribution in [1.82, 2.24) is 9.97 Å². The van der Waals surface area contributed by atoms with E-state index < -0.39 is 0 Å². The first-order chi connectivity index (χ1) is 13.1. The summed E-state index contributed by atoms with van der Waals surface area (Å²) >= 11 is 0. The van der Waals surface area contributed by atoms with Crippen LogP contribution in [0, 0.1) is 5.92 Å². The van der Waals surface area contributed by atoms with Crippen molar-refractivity contribution in [3.63, 3.8) is 0 Å². The molecule has 0 radical (unpaired) electrons. The Morgan fingerprint density at radius 1 is 1.04 bits per heavy atom. The van der Waals surface area contributed by atoms with E-state index in [1.165, 1.54) is 0 Å². The number of hydrogen-bond donors (Lipinski definition) is 1. The van der Waals surface area contributed by atoms with Crippen molar-refractivity contribution in [1.29, 1.82) is 0 Å². The van der Waals surface area contributed by atoms with Gasteiger partial charge in [-0.2, -0.15) is 0 Å². The average Bonchev–Trinajstić information content (AvgIpc) is 2.68. The highest BCUT2D eigenvalue weighted by molar-refractivity contribution is 5.93. The first-order valence-electron chi connectivity index (χ1n) is 8.93. The predicted octanol–water partition coefficient (Wildman–Crippen LogP) is 4.80. The lowest BCUT2D eigenvalue weighted by Gasteiger charge is -2.12. The summed E-state index contributed by atoms with van der Waals surface area (Å²) in [4.78, 5) is 21.5. The Labute approximate surface area is 159 Å². The lowest BCUT2D eigenvalue weighted by Crippen LogP contribution is -2.16. The molecule has 3 rings (SSSR count). The molecule has 0 unspecified atom stereocenters. The molecule has 5 heteroatoms. The van der Waals surface area contributed by atoms with E-state index in [1.807, 2.05) is 68.4 Å². The van der Waals surface area contributed by atoms with Crippen LogP contribution in [0.5, 0.6) is 5.75 Å². The number of aromatic nitrogens is 2. The molecule has 2 aromatic carbocycles. The van der Waals surface area contributed by atoms with Crippen molar-refractivity contribution in [2.75, 3.05) is 12.4 Å². The van der Waals surface area contributed by atoms with Gasteiger partial charge in [0, 0.05) is 17.5 Å². The highest BCUT2D eigenvalue weighted by atomic mass is 16.5. The van der Waals surface area contributed by atoms with E-state index in [0.717, 1.165) is 22.6 Å². The number of methoxy groups -OCH3 is 1. The minimum Gasteiger partial charge on any atom is -0.497 e. The molecule has 0 fully saturated rings. The first kappa shape index (κ1) is 18.6. The zero-order valence-corrected chi connectivity index (χ0v) is 15.8. The lowest BCUT2D eigenvalue weighted by atomic mass is 10.1. The van der Waals surface area contributed by atoms with E-state index >= 15 is 0 Å². The zero-order chi connectivity index (χ0) is 19.2. The average molecular weight is 361 g/mol. The summed E-state index contributed by atoms with van der Waals surface area (Å²) < 4.78 is 5.21. The molecule has 1 amide bonds. The number of benzene rings is 2. The summed E-state index contributed by atoms with van der Waals surface area (Å²) in [5.41, 5.74) is 3.22. The van der Waals surface area contributed by atoms with Crippen molar-refractivity contribution in [3.8, 4) is 28.3 Å². The second-order valence-corrected chi connectivity index (χ2v) is 6.69. The van der Waals surface area contributed by atoms with Gasteiger partial charge in [-0.25, -0.2) is 9.97 Å². The van der Waals surface area contributed by atoms with Gasteiger partial charge in [0.25, 0.3) is 0 Å². The van der Waals surface area contributed by atoms with Crippen LogP contribution in [-0.2, 0) is 4.79 Å². The molecule has 0 bridgehead atoms. The van der Waals surface area contributed by atoms with E-state index in [-0.39, 0.29) is 11.8 Å². The third-order valence-electron chi connectivity index (χ3n) is 4.06. The molecule has 1 heterocycles. The second kappa shape index (κ2) is 8.45. The molecular formula is C22H23N3O2. The quantitative estimate of drug-likeness (QED) is 0.685. The van der Waals surface area contributed by atoms with Crippen molar-refractivity contribution < 1.29 is 9.53 Å². The molecule has 0 saturated heterocycles. The fourth-order valence-electron chi connectivity index (χ4n) is 2.73. The van der Waals surface area contributed by atoms with Crippen molar-refractivity contribution in [2.24, 2.45) is 5.92 Å². The Morgan fingerprint density at radius 3 is 2.37 bits per heavy atom. The van der Waals surface area contributed by atoms with Crippen molar-refractivity contribution in [2.45, 2.75) is 20.3 Å². The summed E-state index contributed by atoms with van der Waals surface area (Å²) in [5, 5.41) is 2.90. The number of rotatable bonds is 6. The van der Waals surface area contributed by atoms with Gasteiger partial charge < -0.3 is 10.1 Å². The van der Waals surface area contributed by atoms with Gasteiger partial charge in [0.1, 0.15) is 11.4 Å². The molecule has 0 atom stereocenters. The predicted molar refractivity (Wildman–Crippen MR) is 108 cm³/mol. The van der Waals surface area contributed by atoms with Crippen LogP contribution in [0.3, 0.4) is 0 Å². The van der Waals surface area contributed by atoms with Gasteiger partial charge in [0.2, 0.25) is 5.91 Å². The van der Waals surface area contributed by atoms with E-state index in [0.29, 0.717) is 17.9 Å². The van der Waals surface area contributed by atoms with Crippen LogP contribution in [0.4, 0.5) is 5.82 Å². The maximum atomic E-state index is 12.2. The number of amides is 1. The zero-order valence-electron chi connectivity index (χ0n) is 15.8. The monoisotopic (exact) mass is 361 g/mol. The molecule has 5 nitrogen and oxygen atoms in total. The van der Waals surface area contributed by atoms with Crippen LogP contribution in [0.25, 0.3) is 22.5 Å². The standard InChI is InChI=1S/C22H23N3O2/c1-15(2)13-20(26)25-22-21(17-7-5-4-6-8-17)24-19(14-23-22)16-9-11-18(27-3)12-10-16/h4-12,14-15H,13H2,1-3H3,(H,23,25,26). The number of carbonyl (C=O) groups is 1. The van der Waals surface area contributed by atoms with Gasteiger partial charge >= 0.3 is 0 Å². The smallest absolute Gasteiger partial charge is 0.225 e. The Hall–Kier alpha value is -3.21. The summed E-state index contributed by atoms with van der Waals surface area (Å²) in [7, 11) is 1.64. The fraction of sp³-hybridized carbons (Fsp3) is 0.227. The van der Waals surface area contributed by atoms with Gasteiger partial charge in [-0.15, -0.1) is 0 Å². The summed E-state index contributed by atoms with van der Waals surface area (Å²) in [6.45, 7) is 4.02. The lowest BCUT2D eigenvalue weighted by molar-refractivity contribution is -0.116. The van der Waals surface area contributed by atoms with Crippen LogP contribution in [0.15, 0.2) is 60.8 Å². The Balaban J connectivity index is 2.00. The SMILES string of the molecule is COc1ccc(-c2cnc(NC(=O)CC(C)C)c(-c3ccccc3)n2)cc1. The third kappa shape index (κ3) is 4.70. The van der Waals surface area contributed by atoms with E-state index in [9.17, 15) is 4.79 Å². The summed E-state index contributed by atoms with van der Waals surface area (Å²) in [6.07, 6.45) is 2.12. The molecule has 1 N–H and O–H groups in total. The molecule has 0 aliphatic rings. The van der Waals surface area contributed by atoms with E-state index in [2.05, 4.69) is 10.3 Å². The van der Waals surface area contributed by atoms with Crippen molar-refractivity contribution in [3.05, 3.63) is 60.8 Å². The minimum absolute atomic E-state index is 0.0614. The molecule has 1 aromatic heterocycles. The summed E-state index contributed by atoms with van der Waals surface area (Å²) in [5.74, 6) is 1.47. The van der Waals surface area contributed by atoms with E-state index in [1.54, 1.807) is 13.3 Å². The van der Waals surface area contributed by atoms with Gasteiger partial charge in [-0.3, -0.25) is 4.79 Å². The Bertz CT molecular complexity index is 907. The van der Waals surface area contributed by atoms with Gasteiger partial charge in [0.05, 0.1) is 19.0 Å². The number of ether oxygens (including phenoxy) is 1. The number of hydrogen-bond acceptors (Lipinski definition) is 4.